The third-order valence-corrected chi connectivity index (χ3v) is 32.5. The Hall–Kier alpha value is -4.88. The molecule has 8 aromatic carbocycles. The minimum atomic E-state index is -2.80. The van der Waals surface area contributed by atoms with E-state index in [1.807, 2.05) is 0 Å². The zero-order valence-electron chi connectivity index (χ0n) is 30.4. The van der Waals surface area contributed by atoms with Crippen LogP contribution in [0, 0.1) is 13.8 Å². The van der Waals surface area contributed by atoms with Crippen molar-refractivity contribution in [2.45, 2.75) is 28.0 Å². The normalized spacial score (nSPS) is 14.5. The molecule has 0 N–H and O–H groups in total. The van der Waals surface area contributed by atoms with E-state index in [2.05, 4.69) is 197 Å². The Morgan fingerprint density at radius 1 is 0.415 bits per heavy atom. The molecule has 10 rings (SSSR count). The molecule has 8 aromatic rings. The molecule has 0 aromatic heterocycles. The topological polar surface area (TPSA) is 0 Å². The maximum absolute atomic E-state index is 2.80. The van der Waals surface area contributed by atoms with Crippen molar-refractivity contribution in [3.63, 3.8) is 0 Å². The van der Waals surface area contributed by atoms with Gasteiger partial charge in [-0.3, -0.25) is 0 Å². The molecule has 2 heteroatoms. The first kappa shape index (κ1) is 32.7. The Labute approximate surface area is 320 Å². The Kier molecular flexibility index (Phi) is 8.16. The van der Waals surface area contributed by atoms with Crippen molar-refractivity contribution >= 4 is 43.4 Å². The fourth-order valence-electron chi connectivity index (χ4n) is 9.48. The molecular formula is C51H40SiZr. The Morgan fingerprint density at radius 2 is 0.981 bits per heavy atom. The zero-order chi connectivity index (χ0) is 35.6. The van der Waals surface area contributed by atoms with Gasteiger partial charge in [-0.25, -0.2) is 0 Å². The first-order valence-electron chi connectivity index (χ1n) is 18.8. The summed E-state index contributed by atoms with van der Waals surface area (Å²) < 4.78 is 0.888. The Bertz CT molecular complexity index is 2720. The van der Waals surface area contributed by atoms with Crippen molar-refractivity contribution in [1.29, 1.82) is 0 Å². The summed E-state index contributed by atoms with van der Waals surface area (Å²) in [4.78, 5) is 0. The number of allylic oxidation sites excluding steroid dienone is 1. The number of fused-ring (bicyclic) bond motifs is 7. The van der Waals surface area contributed by atoms with Gasteiger partial charge >= 0.3 is 323 Å². The molecule has 1 unspecified atom stereocenters. The summed E-state index contributed by atoms with van der Waals surface area (Å²) in [6.07, 6.45) is 2.60. The van der Waals surface area contributed by atoms with Crippen LogP contribution in [0.15, 0.2) is 175 Å². The first-order valence-corrected chi connectivity index (χ1v) is 26.9. The predicted molar refractivity (Wildman–Crippen MR) is 224 cm³/mol. The first-order chi connectivity index (χ1) is 26.0. The van der Waals surface area contributed by atoms with Crippen molar-refractivity contribution in [2.24, 2.45) is 0 Å². The zero-order valence-corrected chi connectivity index (χ0v) is 33.9. The van der Waals surface area contributed by atoms with E-state index in [1.54, 1.807) is 32.6 Å². The molecule has 0 fully saturated rings. The van der Waals surface area contributed by atoms with Gasteiger partial charge in [-0.2, -0.15) is 0 Å². The summed E-state index contributed by atoms with van der Waals surface area (Å²) in [6.45, 7) is 7.03. The van der Waals surface area contributed by atoms with Gasteiger partial charge in [-0.15, -0.1) is 0 Å². The third-order valence-electron chi connectivity index (χ3n) is 11.7. The molecule has 0 saturated carbocycles. The van der Waals surface area contributed by atoms with Gasteiger partial charge in [0.25, 0.3) is 0 Å². The monoisotopic (exact) mass is 770 g/mol. The van der Waals surface area contributed by atoms with Crippen molar-refractivity contribution in [3.8, 4) is 22.3 Å². The van der Waals surface area contributed by atoms with E-state index in [0.29, 0.717) is 7.25 Å². The molecule has 0 amide bonds. The van der Waals surface area contributed by atoms with Crippen LogP contribution in [0.4, 0.5) is 0 Å². The van der Waals surface area contributed by atoms with Gasteiger partial charge in [0.05, 0.1) is 0 Å². The average molecular weight is 772 g/mol. The predicted octanol–water partition coefficient (Wildman–Crippen LogP) is 11.9. The van der Waals surface area contributed by atoms with Crippen molar-refractivity contribution < 1.29 is 20.4 Å². The average Bonchev–Trinajstić information content (AvgIpc) is 3.70. The Morgan fingerprint density at radius 3 is 1.62 bits per heavy atom. The third kappa shape index (κ3) is 5.41. The summed E-state index contributed by atoms with van der Waals surface area (Å²) in [7, 11) is 0. The quantitative estimate of drug-likeness (QED) is 0.121. The molecule has 2 aliphatic carbocycles. The summed E-state index contributed by atoms with van der Waals surface area (Å²) in [5, 5.41) is 8.40. The number of hydrogen-bond donors (Lipinski definition) is 0. The van der Waals surface area contributed by atoms with Crippen LogP contribution in [0.3, 0.4) is 0 Å². The van der Waals surface area contributed by atoms with Gasteiger partial charge in [0.15, 0.2) is 0 Å². The summed E-state index contributed by atoms with van der Waals surface area (Å²) in [6, 6.07) is 65.5. The fraction of sp³-hybridized carbons (Fsp3) is 0.0980. The molecule has 0 spiro atoms. The SMILES string of the molecule is CC1=Cc2c(-c3cc4ccccc4c4ccccc34)cccc2[CH]1[Zr]([CH]1c2cc(C)ccc2-c2ccc(C)cc21)=[Si](c1ccccc1)c1ccccc1. The molecule has 0 nitrogen and oxygen atoms in total. The molecule has 2 aliphatic rings. The van der Waals surface area contributed by atoms with Crippen LogP contribution in [0.1, 0.15) is 47.6 Å². The van der Waals surface area contributed by atoms with Crippen LogP contribution in [0.2, 0.25) is 0 Å². The molecule has 53 heavy (non-hydrogen) atoms. The van der Waals surface area contributed by atoms with E-state index in [4.69, 9.17) is 0 Å². The Balaban J connectivity index is 1.30. The second-order valence-electron chi connectivity index (χ2n) is 15.0. The van der Waals surface area contributed by atoms with Gasteiger partial charge in [-0.05, 0) is 0 Å². The number of rotatable bonds is 5. The number of hydrogen-bond acceptors (Lipinski definition) is 0. The molecule has 0 aliphatic heterocycles. The van der Waals surface area contributed by atoms with Gasteiger partial charge in [0, 0.05) is 0 Å². The van der Waals surface area contributed by atoms with E-state index in [0.717, 1.165) is 0 Å². The summed E-state index contributed by atoms with van der Waals surface area (Å²) in [5.74, 6) is 0. The summed E-state index contributed by atoms with van der Waals surface area (Å²) in [5.41, 5.74) is 14.8. The molecular weight excluding hydrogens is 732 g/mol. The van der Waals surface area contributed by atoms with Crippen LogP contribution >= 0.6 is 0 Å². The summed E-state index contributed by atoms with van der Waals surface area (Å²) >= 11 is -2.80. The van der Waals surface area contributed by atoms with Gasteiger partial charge in [-0.1, -0.05) is 0 Å². The number of aryl methyl sites for hydroxylation is 2. The van der Waals surface area contributed by atoms with Gasteiger partial charge in [0.1, 0.15) is 0 Å². The molecule has 0 saturated heterocycles. The van der Waals surface area contributed by atoms with Crippen LogP contribution in [0.25, 0.3) is 49.9 Å². The second-order valence-corrected chi connectivity index (χ2v) is 29.1. The standard InChI is InChI=1S/C24H17.C15H13.C12H10Si.Zr/c1-16-13-17-8-6-12-22(23(17)14-16)24-15-18-7-2-3-9-19(18)20-10-4-5-11-21(20)24;1-10-3-5-14-12(7-10)9-13-8-11(2)4-6-15(13)14;1-3-7-11(8-4-1)13-12-9-5-2-6-10-12;/h2-15H,1H3;3-9H,1-2H3;1-10H;. The molecule has 0 heterocycles. The van der Waals surface area contributed by atoms with Crippen LogP contribution in [-0.4, -0.2) is 5.43 Å². The minimum absolute atomic E-state index is 0.443. The van der Waals surface area contributed by atoms with E-state index >= 15 is 0 Å². The van der Waals surface area contributed by atoms with Gasteiger partial charge < -0.3 is 0 Å². The fourth-order valence-corrected chi connectivity index (χ4v) is 34.3. The molecule has 0 radical (unpaired) electrons. The van der Waals surface area contributed by atoms with Crippen molar-refractivity contribution in [1.82, 2.24) is 0 Å². The van der Waals surface area contributed by atoms with E-state index in [-0.39, 0.29) is 0 Å². The maximum atomic E-state index is 2.60. The number of benzene rings is 8. The second kappa shape index (κ2) is 13.2. The van der Waals surface area contributed by atoms with E-state index in [1.165, 1.54) is 60.5 Å². The molecule has 252 valence electrons. The van der Waals surface area contributed by atoms with Crippen LogP contribution in [0.5, 0.6) is 0 Å². The van der Waals surface area contributed by atoms with E-state index < -0.39 is 25.8 Å². The van der Waals surface area contributed by atoms with Crippen molar-refractivity contribution in [3.05, 3.63) is 209 Å². The van der Waals surface area contributed by atoms with Crippen LogP contribution in [-0.2, 0) is 20.4 Å². The molecule has 0 bridgehead atoms. The van der Waals surface area contributed by atoms with Crippen molar-refractivity contribution in [2.75, 3.05) is 0 Å². The van der Waals surface area contributed by atoms with E-state index in [9.17, 15) is 0 Å². The molecule has 1 atom stereocenters. The van der Waals surface area contributed by atoms with Gasteiger partial charge in [0.2, 0.25) is 0 Å². The van der Waals surface area contributed by atoms with Crippen LogP contribution < -0.4 is 10.4 Å².